The number of nitrogens with one attached hydrogen (secondary N) is 2. The fourth-order valence-electron chi connectivity index (χ4n) is 2.83. The summed E-state index contributed by atoms with van der Waals surface area (Å²) >= 11 is 0. The van der Waals surface area contributed by atoms with Crippen molar-refractivity contribution in [1.29, 1.82) is 0 Å². The Bertz CT molecular complexity index is 516. The number of amides is 3. The van der Waals surface area contributed by atoms with Crippen LogP contribution in [0.5, 0.6) is 0 Å². The smallest absolute Gasteiger partial charge is 0.315 e. The van der Waals surface area contributed by atoms with Gasteiger partial charge in [-0.1, -0.05) is 29.3 Å². The lowest BCUT2D eigenvalue weighted by Crippen LogP contribution is -2.43. The van der Waals surface area contributed by atoms with Crippen LogP contribution in [0.4, 0.5) is 4.79 Å². The van der Waals surface area contributed by atoms with E-state index in [9.17, 15) is 9.59 Å². The first kappa shape index (κ1) is 16.3. The van der Waals surface area contributed by atoms with E-state index in [0.29, 0.717) is 6.54 Å². The molecule has 5 nitrogen and oxygen atoms in total. The van der Waals surface area contributed by atoms with E-state index in [0.717, 1.165) is 32.4 Å². The summed E-state index contributed by atoms with van der Waals surface area (Å²) in [6.07, 6.45) is 2.91. The zero-order chi connectivity index (χ0) is 15.9. The summed E-state index contributed by atoms with van der Waals surface area (Å²) in [7, 11) is 0. The van der Waals surface area contributed by atoms with E-state index >= 15 is 0 Å². The number of nitrogens with zero attached hydrogens (tertiary/aromatic N) is 1. The van der Waals surface area contributed by atoms with E-state index in [1.54, 1.807) is 4.90 Å². The molecule has 0 aromatic heterocycles. The zero-order valence-corrected chi connectivity index (χ0v) is 13.4. The second-order valence-corrected chi connectivity index (χ2v) is 5.94. The Morgan fingerprint density at radius 1 is 1.05 bits per heavy atom. The summed E-state index contributed by atoms with van der Waals surface area (Å²) < 4.78 is 0. The molecule has 1 aromatic carbocycles. The minimum Gasteiger partial charge on any atom is -0.341 e. The normalized spacial score (nSPS) is 14.0. The van der Waals surface area contributed by atoms with Crippen LogP contribution in [0, 0.1) is 13.8 Å². The highest BCUT2D eigenvalue weighted by molar-refractivity contribution is 5.84. The highest BCUT2D eigenvalue weighted by Crippen LogP contribution is 2.09. The zero-order valence-electron chi connectivity index (χ0n) is 13.4. The number of likely N-dealkylation sites (tertiary alicyclic amines) is 1. The van der Waals surface area contributed by atoms with E-state index in [4.69, 9.17) is 0 Å². The average molecular weight is 303 g/mol. The fraction of sp³-hybridized carbons (Fsp3) is 0.529. The number of urea groups is 1. The molecular formula is C17H25N3O2. The molecule has 1 fully saturated rings. The second-order valence-electron chi connectivity index (χ2n) is 5.94. The van der Waals surface area contributed by atoms with Gasteiger partial charge in [0.15, 0.2) is 0 Å². The maximum absolute atomic E-state index is 11.8. The van der Waals surface area contributed by atoms with Crippen LogP contribution < -0.4 is 10.6 Å². The molecule has 0 bridgehead atoms. The summed E-state index contributed by atoms with van der Waals surface area (Å²) in [6, 6.07) is 6.11. The van der Waals surface area contributed by atoms with E-state index in [1.165, 1.54) is 16.7 Å². The second kappa shape index (κ2) is 7.82. The predicted octanol–water partition coefficient (Wildman–Crippen LogP) is 1.77. The van der Waals surface area contributed by atoms with E-state index in [2.05, 4.69) is 42.7 Å². The molecule has 1 aliphatic rings. The molecule has 2 N–H and O–H groups in total. The summed E-state index contributed by atoms with van der Waals surface area (Å²) in [5.74, 6) is 0.00181. The first-order valence-electron chi connectivity index (χ1n) is 7.91. The summed E-state index contributed by atoms with van der Waals surface area (Å²) in [4.78, 5) is 25.3. The highest BCUT2D eigenvalue weighted by atomic mass is 16.2. The maximum atomic E-state index is 11.8. The van der Waals surface area contributed by atoms with Gasteiger partial charge in [0.1, 0.15) is 0 Å². The Hall–Kier alpha value is -2.04. The van der Waals surface area contributed by atoms with Gasteiger partial charge in [0.25, 0.3) is 0 Å². The molecule has 0 atom stereocenters. The minimum atomic E-state index is -0.281. The van der Waals surface area contributed by atoms with Gasteiger partial charge in [-0.2, -0.15) is 0 Å². The van der Waals surface area contributed by atoms with Crippen LogP contribution in [-0.4, -0.2) is 43.0 Å². The largest absolute Gasteiger partial charge is 0.341 e. The SMILES string of the molecule is Cc1cc(C)cc(CCNC(=O)NCC(=O)N2CCCC2)c1. The van der Waals surface area contributed by atoms with Gasteiger partial charge in [0, 0.05) is 19.6 Å². The predicted molar refractivity (Wildman–Crippen MR) is 86.8 cm³/mol. The minimum absolute atomic E-state index is 0.00181. The first-order valence-corrected chi connectivity index (χ1v) is 7.91. The number of hydrogen-bond acceptors (Lipinski definition) is 2. The van der Waals surface area contributed by atoms with Crippen LogP contribution in [0.2, 0.25) is 0 Å². The molecule has 1 aliphatic heterocycles. The number of hydrogen-bond donors (Lipinski definition) is 2. The van der Waals surface area contributed by atoms with Crippen molar-refractivity contribution in [1.82, 2.24) is 15.5 Å². The molecule has 0 unspecified atom stereocenters. The van der Waals surface area contributed by atoms with Gasteiger partial charge in [0.2, 0.25) is 5.91 Å². The molecule has 3 amide bonds. The Balaban J connectivity index is 1.66. The lowest BCUT2D eigenvalue weighted by Gasteiger charge is -2.15. The van der Waals surface area contributed by atoms with Crippen molar-refractivity contribution >= 4 is 11.9 Å². The van der Waals surface area contributed by atoms with E-state index in [-0.39, 0.29) is 18.5 Å². The van der Waals surface area contributed by atoms with Crippen LogP contribution in [0.1, 0.15) is 29.5 Å². The molecule has 120 valence electrons. The van der Waals surface area contributed by atoms with Crippen molar-refractivity contribution in [2.75, 3.05) is 26.2 Å². The van der Waals surface area contributed by atoms with Gasteiger partial charge < -0.3 is 15.5 Å². The van der Waals surface area contributed by atoms with Crippen molar-refractivity contribution in [2.45, 2.75) is 33.1 Å². The molecule has 1 heterocycles. The molecule has 22 heavy (non-hydrogen) atoms. The van der Waals surface area contributed by atoms with Crippen LogP contribution in [0.3, 0.4) is 0 Å². The van der Waals surface area contributed by atoms with E-state index in [1.807, 2.05) is 0 Å². The van der Waals surface area contributed by atoms with Crippen molar-refractivity contribution in [3.8, 4) is 0 Å². The Labute approximate surface area is 132 Å². The fourth-order valence-corrected chi connectivity index (χ4v) is 2.83. The van der Waals surface area contributed by atoms with Crippen molar-refractivity contribution in [3.63, 3.8) is 0 Å². The molecule has 0 radical (unpaired) electrons. The molecule has 0 spiro atoms. The van der Waals surface area contributed by atoms with Crippen LogP contribution >= 0.6 is 0 Å². The molecule has 1 aromatic rings. The van der Waals surface area contributed by atoms with Crippen LogP contribution in [-0.2, 0) is 11.2 Å². The van der Waals surface area contributed by atoms with Crippen LogP contribution in [0.25, 0.3) is 0 Å². The van der Waals surface area contributed by atoms with Gasteiger partial charge in [0.05, 0.1) is 6.54 Å². The number of benzene rings is 1. The van der Waals surface area contributed by atoms with Gasteiger partial charge >= 0.3 is 6.03 Å². The summed E-state index contributed by atoms with van der Waals surface area (Å²) in [5.41, 5.74) is 3.68. The molecule has 5 heteroatoms. The monoisotopic (exact) mass is 303 g/mol. The number of rotatable bonds is 5. The molecule has 2 rings (SSSR count). The maximum Gasteiger partial charge on any atom is 0.315 e. The lowest BCUT2D eigenvalue weighted by atomic mass is 10.1. The van der Waals surface area contributed by atoms with Gasteiger partial charge in [-0.15, -0.1) is 0 Å². The third kappa shape index (κ3) is 5.06. The van der Waals surface area contributed by atoms with E-state index < -0.39 is 0 Å². The Morgan fingerprint density at radius 3 is 2.32 bits per heavy atom. The lowest BCUT2D eigenvalue weighted by molar-refractivity contribution is -0.128. The van der Waals surface area contributed by atoms with Crippen molar-refractivity contribution in [2.24, 2.45) is 0 Å². The topological polar surface area (TPSA) is 61.4 Å². The standard InChI is InChI=1S/C17H25N3O2/c1-13-9-14(2)11-15(10-13)5-6-18-17(22)19-12-16(21)20-7-3-4-8-20/h9-11H,3-8,12H2,1-2H3,(H2,18,19,22). The molecule has 1 saturated heterocycles. The number of aryl methyl sites for hydroxylation is 2. The van der Waals surface area contributed by atoms with Crippen molar-refractivity contribution < 1.29 is 9.59 Å². The third-order valence-corrected chi connectivity index (χ3v) is 3.84. The Kier molecular flexibility index (Phi) is 5.81. The number of carbonyl (C=O) groups is 2. The highest BCUT2D eigenvalue weighted by Gasteiger charge is 2.17. The number of carbonyl (C=O) groups excluding carboxylic acids is 2. The molecular weight excluding hydrogens is 278 g/mol. The van der Waals surface area contributed by atoms with Gasteiger partial charge in [-0.05, 0) is 38.7 Å². The molecule has 0 saturated carbocycles. The summed E-state index contributed by atoms with van der Waals surface area (Å²) in [5, 5.41) is 5.42. The van der Waals surface area contributed by atoms with Crippen LogP contribution in [0.15, 0.2) is 18.2 Å². The van der Waals surface area contributed by atoms with Gasteiger partial charge in [-0.3, -0.25) is 4.79 Å². The van der Waals surface area contributed by atoms with Crippen molar-refractivity contribution in [3.05, 3.63) is 34.9 Å². The van der Waals surface area contributed by atoms with Gasteiger partial charge in [-0.25, -0.2) is 4.79 Å². The Morgan fingerprint density at radius 2 is 1.68 bits per heavy atom. The average Bonchev–Trinajstić information content (AvgIpc) is 2.98. The molecule has 0 aliphatic carbocycles. The summed E-state index contributed by atoms with van der Waals surface area (Å²) in [6.45, 7) is 6.41. The first-order chi connectivity index (χ1) is 10.5. The third-order valence-electron chi connectivity index (χ3n) is 3.84. The quantitative estimate of drug-likeness (QED) is 0.871.